The first-order valence-corrected chi connectivity index (χ1v) is 8.55. The zero-order chi connectivity index (χ0) is 14.5. The van der Waals surface area contributed by atoms with Crippen LogP contribution in [0.3, 0.4) is 0 Å². The van der Waals surface area contributed by atoms with Gasteiger partial charge in [0, 0.05) is 26.3 Å². The lowest BCUT2D eigenvalue weighted by molar-refractivity contribution is 0.185. The number of hydrogen-bond acceptors (Lipinski definition) is 6. The zero-order valence-electron chi connectivity index (χ0n) is 12.4. The number of anilines is 2. The van der Waals surface area contributed by atoms with Crippen molar-refractivity contribution in [3.63, 3.8) is 0 Å². The van der Waals surface area contributed by atoms with Gasteiger partial charge < -0.3 is 15.4 Å². The average molecular weight is 306 g/mol. The second-order valence-corrected chi connectivity index (χ2v) is 6.30. The number of fused-ring (bicyclic) bond motifs is 1. The molecule has 5 nitrogen and oxygen atoms in total. The smallest absolute Gasteiger partial charge is 0.226 e. The highest BCUT2D eigenvalue weighted by molar-refractivity contribution is 7.16. The predicted molar refractivity (Wildman–Crippen MR) is 88.2 cm³/mol. The number of thiophene rings is 1. The summed E-state index contributed by atoms with van der Waals surface area (Å²) in [6.07, 6.45) is 3.38. The Kier molecular flexibility index (Phi) is 4.87. The molecule has 0 amide bonds. The number of ether oxygens (including phenoxy) is 1. The molecule has 1 aliphatic rings. The molecule has 3 heterocycles. The molecule has 0 aliphatic carbocycles. The third-order valence-electron chi connectivity index (χ3n) is 3.73. The molecule has 1 aliphatic heterocycles. The molecule has 1 saturated heterocycles. The Labute approximate surface area is 129 Å². The fourth-order valence-electron chi connectivity index (χ4n) is 2.51. The fraction of sp³-hybridized carbons (Fsp3) is 0.600. The van der Waals surface area contributed by atoms with Crippen LogP contribution in [-0.4, -0.2) is 36.3 Å². The second-order valence-electron chi connectivity index (χ2n) is 5.41. The lowest BCUT2D eigenvalue weighted by Crippen LogP contribution is -2.11. The molecule has 2 N–H and O–H groups in total. The van der Waals surface area contributed by atoms with E-state index in [4.69, 9.17) is 4.74 Å². The third kappa shape index (κ3) is 3.63. The van der Waals surface area contributed by atoms with Crippen LogP contribution in [-0.2, 0) is 4.74 Å². The van der Waals surface area contributed by atoms with Crippen LogP contribution < -0.4 is 10.6 Å². The minimum Gasteiger partial charge on any atom is -0.381 e. The first-order valence-electron chi connectivity index (χ1n) is 7.67. The summed E-state index contributed by atoms with van der Waals surface area (Å²) >= 11 is 1.66. The van der Waals surface area contributed by atoms with Gasteiger partial charge in [0.25, 0.3) is 0 Å². The maximum Gasteiger partial charge on any atom is 0.226 e. The van der Waals surface area contributed by atoms with Crippen molar-refractivity contribution in [3.8, 4) is 0 Å². The molecule has 1 atom stereocenters. The van der Waals surface area contributed by atoms with Crippen LogP contribution in [0.15, 0.2) is 11.4 Å². The molecule has 1 fully saturated rings. The fourth-order valence-corrected chi connectivity index (χ4v) is 3.28. The SMILES string of the molecule is CCCNc1nc(NCCC2CCOC2)c2ccsc2n1. The van der Waals surface area contributed by atoms with Crippen LogP contribution in [0, 0.1) is 5.92 Å². The summed E-state index contributed by atoms with van der Waals surface area (Å²) in [5.41, 5.74) is 0. The van der Waals surface area contributed by atoms with Gasteiger partial charge >= 0.3 is 0 Å². The maximum absolute atomic E-state index is 5.42. The van der Waals surface area contributed by atoms with Gasteiger partial charge in [0.05, 0.1) is 5.39 Å². The van der Waals surface area contributed by atoms with Crippen molar-refractivity contribution in [2.75, 3.05) is 36.9 Å². The summed E-state index contributed by atoms with van der Waals surface area (Å²) in [5.74, 6) is 2.35. The zero-order valence-corrected chi connectivity index (χ0v) is 13.2. The van der Waals surface area contributed by atoms with Gasteiger partial charge in [0.1, 0.15) is 10.6 Å². The van der Waals surface area contributed by atoms with E-state index in [0.717, 1.165) is 61.1 Å². The van der Waals surface area contributed by atoms with E-state index < -0.39 is 0 Å². The first kappa shape index (κ1) is 14.5. The summed E-state index contributed by atoms with van der Waals surface area (Å²) in [4.78, 5) is 10.2. The minimum absolute atomic E-state index is 0.690. The molecule has 21 heavy (non-hydrogen) atoms. The minimum atomic E-state index is 0.690. The van der Waals surface area contributed by atoms with Crippen molar-refractivity contribution in [2.24, 2.45) is 5.92 Å². The van der Waals surface area contributed by atoms with E-state index in [-0.39, 0.29) is 0 Å². The molecule has 3 rings (SSSR count). The monoisotopic (exact) mass is 306 g/mol. The van der Waals surface area contributed by atoms with E-state index in [2.05, 4.69) is 39.0 Å². The van der Waals surface area contributed by atoms with Crippen molar-refractivity contribution < 1.29 is 4.74 Å². The van der Waals surface area contributed by atoms with Gasteiger partial charge in [-0.25, -0.2) is 4.98 Å². The lowest BCUT2D eigenvalue weighted by atomic mass is 10.1. The van der Waals surface area contributed by atoms with Gasteiger partial charge in [-0.3, -0.25) is 0 Å². The summed E-state index contributed by atoms with van der Waals surface area (Å²) in [6, 6.07) is 2.09. The van der Waals surface area contributed by atoms with E-state index >= 15 is 0 Å². The molecule has 0 bridgehead atoms. The Morgan fingerprint density at radius 1 is 1.33 bits per heavy atom. The van der Waals surface area contributed by atoms with Crippen molar-refractivity contribution in [2.45, 2.75) is 26.2 Å². The lowest BCUT2D eigenvalue weighted by Gasteiger charge is -2.11. The summed E-state index contributed by atoms with van der Waals surface area (Å²) < 4.78 is 5.42. The number of rotatable bonds is 7. The molecular formula is C15H22N4OS. The van der Waals surface area contributed by atoms with Crippen LogP contribution in [0.25, 0.3) is 10.2 Å². The van der Waals surface area contributed by atoms with Crippen molar-refractivity contribution in [1.82, 2.24) is 9.97 Å². The van der Waals surface area contributed by atoms with Gasteiger partial charge in [0.15, 0.2) is 0 Å². The molecule has 1 unspecified atom stereocenters. The highest BCUT2D eigenvalue weighted by atomic mass is 32.1. The standard InChI is InChI=1S/C15H22N4OS/c1-2-6-17-15-18-13(12-5-9-21-14(12)19-15)16-7-3-11-4-8-20-10-11/h5,9,11H,2-4,6-8,10H2,1H3,(H2,16,17,18,19). The maximum atomic E-state index is 5.42. The van der Waals surface area contributed by atoms with Crippen LogP contribution in [0.5, 0.6) is 0 Å². The number of nitrogens with one attached hydrogen (secondary N) is 2. The summed E-state index contributed by atoms with van der Waals surface area (Å²) in [5, 5.41) is 9.93. The van der Waals surface area contributed by atoms with Gasteiger partial charge in [-0.2, -0.15) is 4.98 Å². The molecular weight excluding hydrogens is 284 g/mol. The van der Waals surface area contributed by atoms with Gasteiger partial charge in [-0.05, 0) is 36.6 Å². The number of nitrogens with zero attached hydrogens (tertiary/aromatic N) is 2. The Bertz CT molecular complexity index is 580. The largest absolute Gasteiger partial charge is 0.381 e. The Hall–Kier alpha value is -1.40. The topological polar surface area (TPSA) is 59.1 Å². The second kappa shape index (κ2) is 7.04. The Morgan fingerprint density at radius 2 is 2.29 bits per heavy atom. The van der Waals surface area contributed by atoms with Gasteiger partial charge in [-0.15, -0.1) is 11.3 Å². The van der Waals surface area contributed by atoms with Crippen molar-refractivity contribution >= 4 is 33.3 Å². The van der Waals surface area contributed by atoms with Gasteiger partial charge in [-0.1, -0.05) is 6.92 Å². The normalized spacial score (nSPS) is 18.2. The Morgan fingerprint density at radius 3 is 3.10 bits per heavy atom. The third-order valence-corrected chi connectivity index (χ3v) is 4.53. The molecule has 0 saturated carbocycles. The molecule has 2 aromatic rings. The number of hydrogen-bond donors (Lipinski definition) is 2. The quantitative estimate of drug-likeness (QED) is 0.821. The number of aromatic nitrogens is 2. The van der Waals surface area contributed by atoms with Crippen LogP contribution >= 0.6 is 11.3 Å². The van der Waals surface area contributed by atoms with E-state index in [0.29, 0.717) is 5.92 Å². The summed E-state index contributed by atoms with van der Waals surface area (Å²) in [7, 11) is 0. The van der Waals surface area contributed by atoms with E-state index in [1.165, 1.54) is 6.42 Å². The van der Waals surface area contributed by atoms with Crippen LogP contribution in [0.4, 0.5) is 11.8 Å². The summed E-state index contributed by atoms with van der Waals surface area (Å²) in [6.45, 7) is 5.79. The molecule has 0 aromatic carbocycles. The molecule has 0 spiro atoms. The van der Waals surface area contributed by atoms with Crippen LogP contribution in [0.2, 0.25) is 0 Å². The molecule has 0 radical (unpaired) electrons. The van der Waals surface area contributed by atoms with E-state index in [1.807, 2.05) is 0 Å². The van der Waals surface area contributed by atoms with E-state index in [9.17, 15) is 0 Å². The van der Waals surface area contributed by atoms with E-state index in [1.54, 1.807) is 11.3 Å². The first-order chi connectivity index (χ1) is 10.4. The van der Waals surface area contributed by atoms with Gasteiger partial charge in [0.2, 0.25) is 5.95 Å². The highest BCUT2D eigenvalue weighted by Crippen LogP contribution is 2.27. The van der Waals surface area contributed by atoms with Crippen molar-refractivity contribution in [1.29, 1.82) is 0 Å². The average Bonchev–Trinajstić information content (AvgIpc) is 3.15. The Balaban J connectivity index is 1.68. The van der Waals surface area contributed by atoms with Crippen molar-refractivity contribution in [3.05, 3.63) is 11.4 Å². The highest BCUT2D eigenvalue weighted by Gasteiger charge is 2.15. The molecule has 2 aromatic heterocycles. The van der Waals surface area contributed by atoms with Crippen LogP contribution in [0.1, 0.15) is 26.2 Å². The molecule has 114 valence electrons. The predicted octanol–water partition coefficient (Wildman–Crippen LogP) is 3.35. The molecule has 6 heteroatoms.